The maximum atomic E-state index is 11.3. The van der Waals surface area contributed by atoms with Crippen molar-refractivity contribution in [2.24, 2.45) is 11.3 Å². The molecule has 0 spiro atoms. The van der Waals surface area contributed by atoms with Crippen molar-refractivity contribution < 1.29 is 4.79 Å². The Hall–Kier alpha value is -0.850. The molecular formula is C12H16O. The van der Waals surface area contributed by atoms with Gasteiger partial charge in [0.25, 0.3) is 0 Å². The van der Waals surface area contributed by atoms with Gasteiger partial charge in [-0.3, -0.25) is 4.79 Å². The van der Waals surface area contributed by atoms with Gasteiger partial charge in [0.2, 0.25) is 0 Å². The summed E-state index contributed by atoms with van der Waals surface area (Å²) in [5.41, 5.74) is 1.71. The van der Waals surface area contributed by atoms with Gasteiger partial charge in [-0.25, -0.2) is 0 Å². The summed E-state index contributed by atoms with van der Waals surface area (Å²) in [4.78, 5) is 11.3. The van der Waals surface area contributed by atoms with E-state index in [4.69, 9.17) is 0 Å². The van der Waals surface area contributed by atoms with Gasteiger partial charge in [-0.15, -0.1) is 0 Å². The fraction of sp³-hybridized carbons (Fsp3) is 0.583. The van der Waals surface area contributed by atoms with Crippen LogP contribution < -0.4 is 0 Å². The predicted molar refractivity (Wildman–Crippen MR) is 53.4 cm³/mol. The van der Waals surface area contributed by atoms with Crippen LogP contribution in [0.4, 0.5) is 0 Å². The summed E-state index contributed by atoms with van der Waals surface area (Å²) >= 11 is 0. The van der Waals surface area contributed by atoms with Gasteiger partial charge in [0, 0.05) is 6.42 Å². The Kier molecular flexibility index (Phi) is 1.90. The highest BCUT2D eigenvalue weighted by Crippen LogP contribution is 2.44. The smallest absolute Gasteiger partial charge is 0.156 e. The molecule has 0 unspecified atom stereocenters. The van der Waals surface area contributed by atoms with E-state index in [0.29, 0.717) is 12.3 Å². The second-order valence-electron chi connectivity index (χ2n) is 4.63. The molecule has 1 nitrogen and oxygen atoms in total. The van der Waals surface area contributed by atoms with E-state index in [1.807, 2.05) is 0 Å². The molecular weight excluding hydrogens is 160 g/mol. The second kappa shape index (κ2) is 2.83. The van der Waals surface area contributed by atoms with E-state index >= 15 is 0 Å². The molecule has 0 N–H and O–H groups in total. The molecule has 0 fully saturated rings. The van der Waals surface area contributed by atoms with Crippen LogP contribution in [-0.2, 0) is 4.79 Å². The molecule has 0 saturated carbocycles. The zero-order valence-electron chi connectivity index (χ0n) is 8.34. The lowest BCUT2D eigenvalue weighted by Gasteiger charge is -2.39. The van der Waals surface area contributed by atoms with Crippen molar-refractivity contribution in [2.75, 3.05) is 0 Å². The molecule has 0 aliphatic heterocycles. The molecule has 0 aromatic rings. The van der Waals surface area contributed by atoms with Crippen molar-refractivity contribution in [2.45, 2.75) is 33.1 Å². The van der Waals surface area contributed by atoms with E-state index < -0.39 is 0 Å². The minimum atomic E-state index is 0.257. The second-order valence-corrected chi connectivity index (χ2v) is 4.63. The molecule has 2 aliphatic rings. The number of carbonyl (C=O) groups is 1. The summed E-state index contributed by atoms with van der Waals surface area (Å²) in [5, 5.41) is 0. The summed E-state index contributed by atoms with van der Waals surface area (Å²) in [5.74, 6) is 0.743. The number of allylic oxidation sites excluding steroid dienone is 4. The standard InChI is InChI=1S/C12H16O/c1-9-3-5-12(2)6-4-11(13)8-10(12)7-9/h4,6-7,10H,3,5,8H2,1-2H3/t10-,12-/m1/s1. The number of fused-ring (bicyclic) bond motifs is 1. The van der Waals surface area contributed by atoms with Crippen molar-refractivity contribution in [3.63, 3.8) is 0 Å². The Morgan fingerprint density at radius 3 is 3.08 bits per heavy atom. The van der Waals surface area contributed by atoms with Gasteiger partial charge in [-0.2, -0.15) is 0 Å². The molecule has 13 heavy (non-hydrogen) atoms. The van der Waals surface area contributed by atoms with Crippen LogP contribution >= 0.6 is 0 Å². The summed E-state index contributed by atoms with van der Waals surface area (Å²) in [6.45, 7) is 4.44. The molecule has 0 bridgehead atoms. The van der Waals surface area contributed by atoms with E-state index in [9.17, 15) is 4.79 Å². The fourth-order valence-electron chi connectivity index (χ4n) is 2.34. The first-order chi connectivity index (χ1) is 6.10. The average Bonchev–Trinajstić information content (AvgIpc) is 2.08. The third-order valence-electron chi connectivity index (χ3n) is 3.46. The molecule has 0 heterocycles. The monoisotopic (exact) mass is 176 g/mol. The van der Waals surface area contributed by atoms with Gasteiger partial charge in [0.05, 0.1) is 0 Å². The number of hydrogen-bond donors (Lipinski definition) is 0. The van der Waals surface area contributed by atoms with Crippen LogP contribution in [0.15, 0.2) is 23.8 Å². The lowest BCUT2D eigenvalue weighted by molar-refractivity contribution is -0.116. The average molecular weight is 176 g/mol. The van der Waals surface area contributed by atoms with Crippen LogP contribution in [0.3, 0.4) is 0 Å². The van der Waals surface area contributed by atoms with Crippen molar-refractivity contribution in [3.8, 4) is 0 Å². The Balaban J connectivity index is 2.34. The minimum Gasteiger partial charge on any atom is -0.295 e. The van der Waals surface area contributed by atoms with Crippen molar-refractivity contribution in [1.82, 2.24) is 0 Å². The molecule has 2 rings (SSSR count). The highest BCUT2D eigenvalue weighted by molar-refractivity contribution is 5.91. The number of hydrogen-bond acceptors (Lipinski definition) is 1. The maximum absolute atomic E-state index is 11.3. The fourth-order valence-corrected chi connectivity index (χ4v) is 2.34. The lowest BCUT2D eigenvalue weighted by atomic mass is 9.65. The maximum Gasteiger partial charge on any atom is 0.156 e. The van der Waals surface area contributed by atoms with Gasteiger partial charge in [-0.1, -0.05) is 24.6 Å². The van der Waals surface area contributed by atoms with Crippen LogP contribution in [0.5, 0.6) is 0 Å². The van der Waals surface area contributed by atoms with Crippen molar-refractivity contribution >= 4 is 5.78 Å². The largest absolute Gasteiger partial charge is 0.295 e. The molecule has 70 valence electrons. The van der Waals surface area contributed by atoms with Gasteiger partial charge in [0.15, 0.2) is 5.78 Å². The van der Waals surface area contributed by atoms with Crippen LogP contribution in [0.1, 0.15) is 33.1 Å². The molecule has 2 aliphatic carbocycles. The van der Waals surface area contributed by atoms with Crippen LogP contribution in [0.2, 0.25) is 0 Å². The first-order valence-electron chi connectivity index (χ1n) is 4.99. The summed E-state index contributed by atoms with van der Waals surface area (Å²) in [6.07, 6.45) is 9.28. The Morgan fingerprint density at radius 2 is 2.31 bits per heavy atom. The Morgan fingerprint density at radius 1 is 1.54 bits per heavy atom. The van der Waals surface area contributed by atoms with Crippen LogP contribution in [0.25, 0.3) is 0 Å². The third kappa shape index (κ3) is 1.48. The molecule has 0 saturated heterocycles. The molecule has 0 aromatic heterocycles. The Labute approximate surface area is 79.5 Å². The van der Waals surface area contributed by atoms with Gasteiger partial charge in [-0.05, 0) is 37.2 Å². The summed E-state index contributed by atoms with van der Waals surface area (Å²) in [7, 11) is 0. The predicted octanol–water partition coefficient (Wildman–Crippen LogP) is 2.88. The van der Waals surface area contributed by atoms with E-state index in [0.717, 1.165) is 0 Å². The zero-order chi connectivity index (χ0) is 9.47. The van der Waals surface area contributed by atoms with E-state index in [2.05, 4.69) is 26.0 Å². The quantitative estimate of drug-likeness (QED) is 0.519. The van der Waals surface area contributed by atoms with Crippen molar-refractivity contribution in [1.29, 1.82) is 0 Å². The van der Waals surface area contributed by atoms with Crippen LogP contribution in [0, 0.1) is 11.3 Å². The van der Waals surface area contributed by atoms with Gasteiger partial charge < -0.3 is 0 Å². The summed E-state index contributed by atoms with van der Waals surface area (Å²) in [6, 6.07) is 0. The minimum absolute atomic E-state index is 0.257. The number of rotatable bonds is 0. The molecule has 0 amide bonds. The van der Waals surface area contributed by atoms with Gasteiger partial charge in [0.1, 0.15) is 0 Å². The first-order valence-corrected chi connectivity index (χ1v) is 4.99. The molecule has 1 heteroatoms. The first kappa shape index (κ1) is 8.74. The topological polar surface area (TPSA) is 17.1 Å². The normalized spacial score (nSPS) is 38.5. The number of ketones is 1. The van der Waals surface area contributed by atoms with Crippen molar-refractivity contribution in [3.05, 3.63) is 23.8 Å². The Bertz CT molecular complexity index is 298. The van der Waals surface area contributed by atoms with E-state index in [-0.39, 0.29) is 11.2 Å². The number of carbonyl (C=O) groups excluding carboxylic acids is 1. The van der Waals surface area contributed by atoms with Crippen LogP contribution in [-0.4, -0.2) is 5.78 Å². The SMILES string of the molecule is CC1=C[C@@H]2CC(=O)C=C[C@@]2(C)CC1. The van der Waals surface area contributed by atoms with Gasteiger partial charge >= 0.3 is 0 Å². The molecule has 0 aromatic carbocycles. The molecule has 2 atom stereocenters. The lowest BCUT2D eigenvalue weighted by Crippen LogP contribution is -2.32. The highest BCUT2D eigenvalue weighted by Gasteiger charge is 2.36. The summed E-state index contributed by atoms with van der Waals surface area (Å²) < 4.78 is 0. The molecule has 0 radical (unpaired) electrons. The van der Waals surface area contributed by atoms with E-state index in [1.54, 1.807) is 6.08 Å². The van der Waals surface area contributed by atoms with E-state index in [1.165, 1.54) is 18.4 Å². The zero-order valence-corrected chi connectivity index (χ0v) is 8.34. The highest BCUT2D eigenvalue weighted by atomic mass is 16.1. The third-order valence-corrected chi connectivity index (χ3v) is 3.46.